The zero-order chi connectivity index (χ0) is 14.2. The number of halogens is 1. The van der Waals surface area contributed by atoms with Gasteiger partial charge in [-0.05, 0) is 12.3 Å². The predicted molar refractivity (Wildman–Crippen MR) is 76.6 cm³/mol. The lowest BCUT2D eigenvalue weighted by molar-refractivity contribution is 0.600. The van der Waals surface area contributed by atoms with Crippen molar-refractivity contribution in [2.24, 2.45) is 0 Å². The maximum absolute atomic E-state index is 11.6. The first kappa shape index (κ1) is 14.5. The number of hydrogen-bond donors (Lipinski definition) is 0. The molecule has 106 valence electrons. The van der Waals surface area contributed by atoms with E-state index in [0.29, 0.717) is 11.6 Å². The topological polar surface area (TPSA) is 63.2 Å². The lowest BCUT2D eigenvalue weighted by Gasteiger charge is -2.27. The highest BCUT2D eigenvalue weighted by Crippen LogP contribution is 2.32. The Balaban J connectivity index is 2.34. The van der Waals surface area contributed by atoms with Gasteiger partial charge in [-0.3, -0.25) is 0 Å². The van der Waals surface area contributed by atoms with Gasteiger partial charge >= 0.3 is 0 Å². The van der Waals surface area contributed by atoms with Crippen LogP contribution in [0.2, 0.25) is 5.15 Å². The van der Waals surface area contributed by atoms with Crippen molar-refractivity contribution in [2.45, 2.75) is 32.2 Å². The fourth-order valence-corrected chi connectivity index (χ4v) is 4.52. The van der Waals surface area contributed by atoms with Gasteiger partial charge in [0.25, 0.3) is 0 Å². The molecule has 1 aromatic rings. The molecular weight excluding hydrogens is 286 g/mol. The molecule has 1 aliphatic heterocycles. The monoisotopic (exact) mass is 303 g/mol. The van der Waals surface area contributed by atoms with Gasteiger partial charge in [0.2, 0.25) is 0 Å². The van der Waals surface area contributed by atoms with Crippen LogP contribution in [0.4, 0.5) is 5.82 Å². The normalized spacial score (nSPS) is 21.8. The predicted octanol–water partition coefficient (Wildman–Crippen LogP) is 1.88. The number of hydrogen-bond acceptors (Lipinski definition) is 5. The average molecular weight is 304 g/mol. The molecule has 0 spiro atoms. The lowest BCUT2D eigenvalue weighted by Crippen LogP contribution is -2.34. The fraction of sp³-hybridized carbons (Fsp3) is 0.667. The molecule has 1 saturated heterocycles. The molecule has 0 aromatic carbocycles. The minimum Gasteiger partial charge on any atom is -0.355 e. The van der Waals surface area contributed by atoms with E-state index in [4.69, 9.17) is 11.6 Å². The van der Waals surface area contributed by atoms with Crippen molar-refractivity contribution >= 4 is 27.3 Å². The first-order valence-electron chi connectivity index (χ1n) is 6.25. The molecule has 2 heterocycles. The van der Waals surface area contributed by atoms with E-state index in [-0.39, 0.29) is 23.5 Å². The molecule has 0 aliphatic carbocycles. The van der Waals surface area contributed by atoms with E-state index in [0.717, 1.165) is 11.4 Å². The molecule has 1 unspecified atom stereocenters. The largest absolute Gasteiger partial charge is 0.355 e. The van der Waals surface area contributed by atoms with Crippen LogP contribution in [0.25, 0.3) is 0 Å². The highest BCUT2D eigenvalue weighted by molar-refractivity contribution is 7.91. The maximum atomic E-state index is 11.6. The molecular formula is C12H18ClN3O2S. The van der Waals surface area contributed by atoms with E-state index >= 15 is 0 Å². The third-order valence-corrected chi connectivity index (χ3v) is 5.53. The summed E-state index contributed by atoms with van der Waals surface area (Å²) in [5, 5.41) is 0.438. The van der Waals surface area contributed by atoms with Crippen molar-refractivity contribution in [1.82, 2.24) is 9.97 Å². The van der Waals surface area contributed by atoms with Gasteiger partial charge < -0.3 is 4.90 Å². The zero-order valence-corrected chi connectivity index (χ0v) is 12.9. The van der Waals surface area contributed by atoms with Crippen LogP contribution in [-0.2, 0) is 9.84 Å². The molecule has 2 rings (SSSR count). The molecule has 0 N–H and O–H groups in total. The zero-order valence-electron chi connectivity index (χ0n) is 11.3. The molecule has 1 aliphatic rings. The minimum atomic E-state index is -2.91. The summed E-state index contributed by atoms with van der Waals surface area (Å²) in [6.45, 7) is 4.04. The summed E-state index contributed by atoms with van der Waals surface area (Å²) in [5.41, 5.74) is 0.871. The number of anilines is 1. The van der Waals surface area contributed by atoms with Gasteiger partial charge in [0.05, 0.1) is 11.5 Å². The fourth-order valence-electron chi connectivity index (χ4n) is 2.40. The maximum Gasteiger partial charge on any atom is 0.152 e. The highest BCUT2D eigenvalue weighted by atomic mass is 35.5. The third-order valence-electron chi connectivity index (χ3n) is 3.48. The Hall–Kier alpha value is -0.880. The van der Waals surface area contributed by atoms with Crippen LogP contribution in [0.1, 0.15) is 31.7 Å². The van der Waals surface area contributed by atoms with Crippen molar-refractivity contribution in [3.05, 3.63) is 17.0 Å². The third kappa shape index (κ3) is 3.00. The molecule has 0 radical (unpaired) electrons. The Morgan fingerprint density at radius 1 is 1.42 bits per heavy atom. The molecule has 1 aromatic heterocycles. The van der Waals surface area contributed by atoms with Gasteiger partial charge in [0.15, 0.2) is 9.84 Å². The quantitative estimate of drug-likeness (QED) is 0.798. The standard InChI is InChI=1S/C12H18ClN3O2S/c1-8(2)10-11(13)14-7-15-12(10)16(3)9-4-5-19(17,18)6-9/h7-9H,4-6H2,1-3H3. The summed E-state index contributed by atoms with van der Waals surface area (Å²) >= 11 is 6.14. The Morgan fingerprint density at radius 3 is 2.63 bits per heavy atom. The van der Waals surface area contributed by atoms with E-state index < -0.39 is 9.84 Å². The second-order valence-electron chi connectivity index (χ2n) is 5.22. The average Bonchev–Trinajstić information content (AvgIpc) is 2.68. The minimum absolute atomic E-state index is 0.0338. The molecule has 5 nitrogen and oxygen atoms in total. The summed E-state index contributed by atoms with van der Waals surface area (Å²) in [4.78, 5) is 10.2. The van der Waals surface area contributed by atoms with Gasteiger partial charge in [-0.2, -0.15) is 0 Å². The van der Waals surface area contributed by atoms with E-state index in [9.17, 15) is 8.42 Å². The first-order chi connectivity index (χ1) is 8.82. The summed E-state index contributed by atoms with van der Waals surface area (Å²) in [7, 11) is -1.04. The second-order valence-corrected chi connectivity index (χ2v) is 7.81. The number of rotatable bonds is 3. The molecule has 1 fully saturated rings. The highest BCUT2D eigenvalue weighted by Gasteiger charge is 2.32. The van der Waals surface area contributed by atoms with Crippen LogP contribution in [0.5, 0.6) is 0 Å². The van der Waals surface area contributed by atoms with Gasteiger partial charge in [-0.15, -0.1) is 0 Å². The van der Waals surface area contributed by atoms with E-state index in [1.54, 1.807) is 0 Å². The molecule has 0 saturated carbocycles. The van der Waals surface area contributed by atoms with E-state index in [1.165, 1.54) is 6.33 Å². The summed E-state index contributed by atoms with van der Waals surface area (Å²) < 4.78 is 23.2. The Bertz CT molecular complexity index is 574. The van der Waals surface area contributed by atoms with Gasteiger partial charge in [0.1, 0.15) is 17.3 Å². The Labute approximate surface area is 118 Å². The van der Waals surface area contributed by atoms with Crippen molar-refractivity contribution < 1.29 is 8.42 Å². The van der Waals surface area contributed by atoms with E-state index in [1.807, 2.05) is 25.8 Å². The smallest absolute Gasteiger partial charge is 0.152 e. The van der Waals surface area contributed by atoms with Crippen LogP contribution in [0.3, 0.4) is 0 Å². The Kier molecular flexibility index (Phi) is 4.01. The van der Waals surface area contributed by atoms with Crippen molar-refractivity contribution in [3.63, 3.8) is 0 Å². The van der Waals surface area contributed by atoms with Gasteiger partial charge in [-0.1, -0.05) is 25.4 Å². The molecule has 0 bridgehead atoms. The number of aromatic nitrogens is 2. The summed E-state index contributed by atoms with van der Waals surface area (Å²) in [6, 6.07) is -0.0338. The van der Waals surface area contributed by atoms with Crippen LogP contribution < -0.4 is 4.90 Å². The number of nitrogens with zero attached hydrogens (tertiary/aromatic N) is 3. The van der Waals surface area contributed by atoms with Crippen molar-refractivity contribution in [2.75, 3.05) is 23.5 Å². The first-order valence-corrected chi connectivity index (χ1v) is 8.45. The number of sulfone groups is 1. The van der Waals surface area contributed by atoms with Crippen LogP contribution in [-0.4, -0.2) is 43.0 Å². The molecule has 1 atom stereocenters. The van der Waals surface area contributed by atoms with Crippen molar-refractivity contribution in [3.8, 4) is 0 Å². The van der Waals surface area contributed by atoms with Gasteiger partial charge in [-0.25, -0.2) is 18.4 Å². The van der Waals surface area contributed by atoms with Crippen molar-refractivity contribution in [1.29, 1.82) is 0 Å². The summed E-state index contributed by atoms with van der Waals surface area (Å²) in [6.07, 6.45) is 2.06. The SMILES string of the molecule is CC(C)c1c(Cl)ncnc1N(C)C1CCS(=O)(=O)C1. The van der Waals surface area contributed by atoms with Crippen LogP contribution in [0, 0.1) is 0 Å². The molecule has 7 heteroatoms. The van der Waals surface area contributed by atoms with Crippen LogP contribution in [0.15, 0.2) is 6.33 Å². The second kappa shape index (κ2) is 5.25. The van der Waals surface area contributed by atoms with E-state index in [2.05, 4.69) is 9.97 Å². The summed E-state index contributed by atoms with van der Waals surface area (Å²) in [5.74, 6) is 1.35. The van der Waals surface area contributed by atoms with Gasteiger partial charge in [0, 0.05) is 18.7 Å². The lowest BCUT2D eigenvalue weighted by atomic mass is 10.0. The Morgan fingerprint density at radius 2 is 2.11 bits per heavy atom. The molecule has 0 amide bonds. The van der Waals surface area contributed by atoms with Crippen LogP contribution >= 0.6 is 11.6 Å². The molecule has 19 heavy (non-hydrogen) atoms.